The van der Waals surface area contributed by atoms with E-state index in [1.54, 1.807) is 6.07 Å². The van der Waals surface area contributed by atoms with Crippen molar-refractivity contribution in [3.05, 3.63) is 63.7 Å². The van der Waals surface area contributed by atoms with Crippen LogP contribution in [0.1, 0.15) is 55.5 Å². The maximum Gasteiger partial charge on any atom is 0.471 e. The molecule has 1 aliphatic heterocycles. The first-order valence-electron chi connectivity index (χ1n) is 11.7. The predicted molar refractivity (Wildman–Crippen MR) is 129 cm³/mol. The van der Waals surface area contributed by atoms with Gasteiger partial charge in [-0.2, -0.15) is 13.2 Å². The fourth-order valence-electron chi connectivity index (χ4n) is 4.30. The minimum Gasteiger partial charge on any atom is -0.380 e. The molecular formula is C26H32ClF3N2O2. The zero-order chi connectivity index (χ0) is 24.9. The summed E-state index contributed by atoms with van der Waals surface area (Å²) < 4.78 is 44.7. The number of benzene rings is 2. The lowest BCUT2D eigenvalue weighted by Crippen LogP contribution is -2.42. The van der Waals surface area contributed by atoms with Crippen molar-refractivity contribution >= 4 is 23.2 Å². The summed E-state index contributed by atoms with van der Waals surface area (Å²) in [6, 6.07) is 11.8. The number of nitrogens with zero attached hydrogens (tertiary/aromatic N) is 1. The zero-order valence-corrected chi connectivity index (χ0v) is 20.6. The zero-order valence-electron chi connectivity index (χ0n) is 19.8. The third-order valence-electron chi connectivity index (χ3n) is 6.06. The van der Waals surface area contributed by atoms with Gasteiger partial charge in [-0.15, -0.1) is 0 Å². The number of hydrogen-bond acceptors (Lipinski definition) is 3. The van der Waals surface area contributed by atoms with E-state index < -0.39 is 12.1 Å². The number of ether oxygens (including phenoxy) is 1. The summed E-state index contributed by atoms with van der Waals surface area (Å²) in [5.74, 6) is -1.43. The molecule has 0 aromatic heterocycles. The van der Waals surface area contributed by atoms with Crippen molar-refractivity contribution in [1.82, 2.24) is 4.90 Å². The second-order valence-electron chi connectivity index (χ2n) is 8.98. The van der Waals surface area contributed by atoms with Crippen LogP contribution in [0, 0.1) is 5.92 Å². The molecule has 34 heavy (non-hydrogen) atoms. The standard InChI is InChI=1S/C26H32ClF3N2O2/c1-4-15-34-24(17(2)3)20-7-5-18(6-8-20)16-31-23-21-12-14-32(25(33)26(28,29)30)13-11-19(21)9-10-22(23)27/h5-10,17,24,31H,4,11-16H2,1-3H3. The van der Waals surface area contributed by atoms with Crippen LogP contribution < -0.4 is 5.32 Å². The lowest BCUT2D eigenvalue weighted by Gasteiger charge is -2.22. The van der Waals surface area contributed by atoms with Crippen molar-refractivity contribution < 1.29 is 22.7 Å². The van der Waals surface area contributed by atoms with Crippen molar-refractivity contribution in [3.8, 4) is 0 Å². The van der Waals surface area contributed by atoms with Crippen LogP contribution in [0.5, 0.6) is 0 Å². The molecule has 0 saturated carbocycles. The van der Waals surface area contributed by atoms with Gasteiger partial charge in [0.25, 0.3) is 0 Å². The highest BCUT2D eigenvalue weighted by Gasteiger charge is 2.42. The molecule has 1 heterocycles. The normalized spacial score (nSPS) is 15.1. The lowest BCUT2D eigenvalue weighted by atomic mass is 9.97. The number of alkyl halides is 3. The fourth-order valence-corrected chi connectivity index (χ4v) is 4.55. The maximum absolute atomic E-state index is 12.9. The molecule has 4 nitrogen and oxygen atoms in total. The predicted octanol–water partition coefficient (Wildman–Crippen LogP) is 6.57. The third kappa shape index (κ3) is 6.45. The average molecular weight is 497 g/mol. The highest BCUT2D eigenvalue weighted by atomic mass is 35.5. The van der Waals surface area contributed by atoms with Gasteiger partial charge in [-0.3, -0.25) is 4.79 Å². The molecule has 1 atom stereocenters. The number of hydrogen-bond donors (Lipinski definition) is 1. The second kappa shape index (κ2) is 11.5. The molecule has 186 valence electrons. The average Bonchev–Trinajstić information content (AvgIpc) is 3.01. The molecule has 3 rings (SSSR count). The Kier molecular flexibility index (Phi) is 8.88. The fraction of sp³-hybridized carbons (Fsp3) is 0.500. The molecule has 0 aliphatic carbocycles. The molecule has 0 spiro atoms. The molecule has 0 bridgehead atoms. The summed E-state index contributed by atoms with van der Waals surface area (Å²) in [5.41, 5.74) is 4.68. The largest absolute Gasteiger partial charge is 0.471 e. The number of fused-ring (bicyclic) bond motifs is 1. The van der Waals surface area contributed by atoms with E-state index in [1.165, 1.54) is 0 Å². The van der Waals surface area contributed by atoms with Gasteiger partial charge >= 0.3 is 12.1 Å². The van der Waals surface area contributed by atoms with Crippen LogP contribution in [0.4, 0.5) is 18.9 Å². The van der Waals surface area contributed by atoms with E-state index in [0.29, 0.717) is 30.3 Å². The number of amides is 1. The minimum atomic E-state index is -4.86. The first kappa shape index (κ1) is 26.4. The Morgan fingerprint density at radius 1 is 1.12 bits per heavy atom. The van der Waals surface area contributed by atoms with Gasteiger partial charge in [0.15, 0.2) is 0 Å². The van der Waals surface area contributed by atoms with E-state index in [-0.39, 0.29) is 19.2 Å². The Labute approximate surface area is 204 Å². The Balaban J connectivity index is 1.71. The van der Waals surface area contributed by atoms with Gasteiger partial charge in [0.05, 0.1) is 16.8 Å². The molecular weight excluding hydrogens is 465 g/mol. The highest BCUT2D eigenvalue weighted by molar-refractivity contribution is 6.33. The van der Waals surface area contributed by atoms with E-state index in [9.17, 15) is 18.0 Å². The monoisotopic (exact) mass is 496 g/mol. The molecule has 0 radical (unpaired) electrons. The third-order valence-corrected chi connectivity index (χ3v) is 6.37. The van der Waals surface area contributed by atoms with Gasteiger partial charge in [-0.25, -0.2) is 0 Å². The number of anilines is 1. The van der Waals surface area contributed by atoms with Crippen LogP contribution in [-0.2, 0) is 28.9 Å². The Morgan fingerprint density at radius 3 is 2.41 bits per heavy atom. The summed E-state index contributed by atoms with van der Waals surface area (Å²) in [6.07, 6.45) is -3.19. The molecule has 8 heteroatoms. The first-order valence-corrected chi connectivity index (χ1v) is 12.1. The summed E-state index contributed by atoms with van der Waals surface area (Å²) in [7, 11) is 0. The quantitative estimate of drug-likeness (QED) is 0.449. The van der Waals surface area contributed by atoms with Gasteiger partial charge in [0.1, 0.15) is 0 Å². The number of rotatable bonds is 8. The maximum atomic E-state index is 12.9. The Hall–Kier alpha value is -2.25. The van der Waals surface area contributed by atoms with Crippen LogP contribution in [0.25, 0.3) is 0 Å². The molecule has 0 fully saturated rings. The highest BCUT2D eigenvalue weighted by Crippen LogP contribution is 2.33. The van der Waals surface area contributed by atoms with Crippen LogP contribution in [-0.4, -0.2) is 36.7 Å². The smallest absolute Gasteiger partial charge is 0.380 e. The SMILES string of the molecule is CCCOC(c1ccc(CNc2c(Cl)ccc3c2CCN(C(=O)C(F)(F)F)CC3)cc1)C(C)C. The van der Waals surface area contributed by atoms with Crippen LogP contribution >= 0.6 is 11.6 Å². The van der Waals surface area contributed by atoms with E-state index in [1.807, 2.05) is 18.2 Å². The summed E-state index contributed by atoms with van der Waals surface area (Å²) in [6.45, 7) is 7.64. The van der Waals surface area contributed by atoms with Crippen LogP contribution in [0.2, 0.25) is 5.02 Å². The first-order chi connectivity index (χ1) is 16.1. The Morgan fingerprint density at radius 2 is 1.79 bits per heavy atom. The number of carbonyl (C=O) groups excluding carboxylic acids is 1. The molecule has 1 unspecified atom stereocenters. The molecule has 1 aliphatic rings. The van der Waals surface area contributed by atoms with Gasteiger partial charge < -0.3 is 15.0 Å². The van der Waals surface area contributed by atoms with Gasteiger partial charge in [0.2, 0.25) is 0 Å². The molecule has 1 amide bonds. The van der Waals surface area contributed by atoms with E-state index >= 15 is 0 Å². The van der Waals surface area contributed by atoms with Gasteiger partial charge in [-0.05, 0) is 53.5 Å². The van der Waals surface area contributed by atoms with E-state index in [0.717, 1.165) is 45.9 Å². The van der Waals surface area contributed by atoms with Crippen molar-refractivity contribution in [2.24, 2.45) is 5.92 Å². The van der Waals surface area contributed by atoms with E-state index in [4.69, 9.17) is 16.3 Å². The molecule has 2 aromatic rings. The van der Waals surface area contributed by atoms with Crippen LogP contribution in [0.15, 0.2) is 36.4 Å². The topological polar surface area (TPSA) is 41.6 Å². The van der Waals surface area contributed by atoms with Crippen molar-refractivity contribution in [1.29, 1.82) is 0 Å². The van der Waals surface area contributed by atoms with Crippen molar-refractivity contribution in [3.63, 3.8) is 0 Å². The Bertz CT molecular complexity index is 977. The second-order valence-corrected chi connectivity index (χ2v) is 9.39. The van der Waals surface area contributed by atoms with Crippen LogP contribution in [0.3, 0.4) is 0 Å². The summed E-state index contributed by atoms with van der Waals surface area (Å²) >= 11 is 6.46. The number of nitrogens with one attached hydrogen (secondary N) is 1. The molecule has 0 saturated heterocycles. The van der Waals surface area contributed by atoms with E-state index in [2.05, 4.69) is 38.2 Å². The number of halogens is 4. The molecule has 1 N–H and O–H groups in total. The number of carbonyl (C=O) groups is 1. The summed E-state index contributed by atoms with van der Waals surface area (Å²) in [5, 5.41) is 3.89. The van der Waals surface area contributed by atoms with Gasteiger partial charge in [0, 0.05) is 26.2 Å². The van der Waals surface area contributed by atoms with Crippen molar-refractivity contribution in [2.75, 3.05) is 25.0 Å². The summed E-state index contributed by atoms with van der Waals surface area (Å²) in [4.78, 5) is 12.6. The lowest BCUT2D eigenvalue weighted by molar-refractivity contribution is -0.185. The van der Waals surface area contributed by atoms with Crippen molar-refractivity contribution in [2.45, 2.75) is 58.9 Å². The molecule has 2 aromatic carbocycles. The minimum absolute atomic E-state index is 0.00339. The van der Waals surface area contributed by atoms with Gasteiger partial charge in [-0.1, -0.05) is 62.7 Å².